The molecule has 1 fully saturated rings. The monoisotopic (exact) mass is 409 g/mol. The molecule has 2 aromatic carbocycles. The number of nitrogens with zero attached hydrogens (tertiary/aromatic N) is 2. The number of fused-ring (bicyclic) bond motifs is 1. The summed E-state index contributed by atoms with van der Waals surface area (Å²) < 4.78 is 22.8. The first-order chi connectivity index (χ1) is 13.8. The van der Waals surface area contributed by atoms with Gasteiger partial charge in [0.1, 0.15) is 0 Å². The highest BCUT2D eigenvalue weighted by atomic mass is 32.2. The Kier molecular flexibility index (Phi) is 5.10. The molecule has 0 saturated carbocycles. The third-order valence-electron chi connectivity index (χ3n) is 5.33. The number of pyridine rings is 1. The summed E-state index contributed by atoms with van der Waals surface area (Å²) in [7, 11) is -3.55. The largest absolute Gasteiger partial charge is 0.338 e. The van der Waals surface area contributed by atoms with E-state index in [0.717, 1.165) is 27.7 Å². The Morgan fingerprint density at radius 1 is 1.17 bits per heavy atom. The van der Waals surface area contributed by atoms with Crippen LogP contribution in [0.2, 0.25) is 0 Å². The van der Waals surface area contributed by atoms with Crippen molar-refractivity contribution in [2.75, 3.05) is 18.8 Å². The van der Waals surface area contributed by atoms with Crippen molar-refractivity contribution in [2.45, 2.75) is 13.3 Å². The number of sulfonamides is 1. The van der Waals surface area contributed by atoms with Gasteiger partial charge in [-0.15, -0.1) is 0 Å². The highest BCUT2D eigenvalue weighted by Gasteiger charge is 2.30. The molecule has 6 nitrogen and oxygen atoms in total. The quantitative estimate of drug-likeness (QED) is 0.717. The lowest BCUT2D eigenvalue weighted by Crippen LogP contribution is -2.31. The number of aryl methyl sites for hydroxylation is 1. The summed E-state index contributed by atoms with van der Waals surface area (Å²) in [4.78, 5) is 19.8. The lowest BCUT2D eigenvalue weighted by atomic mass is 10.0. The van der Waals surface area contributed by atoms with Gasteiger partial charge in [-0.05, 0) is 31.4 Å². The van der Waals surface area contributed by atoms with Gasteiger partial charge in [0.2, 0.25) is 10.0 Å². The fourth-order valence-corrected chi connectivity index (χ4v) is 4.81. The molecule has 7 heteroatoms. The Morgan fingerprint density at radius 2 is 1.90 bits per heavy atom. The van der Waals surface area contributed by atoms with Crippen LogP contribution < -0.4 is 5.14 Å². The van der Waals surface area contributed by atoms with Crippen molar-refractivity contribution in [3.63, 3.8) is 0 Å². The molecule has 3 aromatic rings. The van der Waals surface area contributed by atoms with Gasteiger partial charge in [0, 0.05) is 24.0 Å². The number of benzene rings is 2. The van der Waals surface area contributed by atoms with Crippen LogP contribution in [0.1, 0.15) is 22.3 Å². The lowest BCUT2D eigenvalue weighted by Gasteiger charge is -2.18. The molecular formula is C22H23N3O3S. The first kappa shape index (κ1) is 19.5. The Labute approximate surface area is 170 Å². The van der Waals surface area contributed by atoms with Crippen LogP contribution >= 0.6 is 0 Å². The lowest BCUT2D eigenvalue weighted by molar-refractivity contribution is 0.0790. The second-order valence-electron chi connectivity index (χ2n) is 7.67. The predicted molar refractivity (Wildman–Crippen MR) is 114 cm³/mol. The molecule has 1 aliphatic rings. The first-order valence-electron chi connectivity index (χ1n) is 9.57. The second-order valence-corrected chi connectivity index (χ2v) is 9.33. The number of amides is 1. The maximum absolute atomic E-state index is 13.3. The molecule has 4 rings (SSSR count). The number of carbonyl (C=O) groups excluding carboxylic acids is 1. The van der Waals surface area contributed by atoms with Crippen LogP contribution in [0, 0.1) is 12.8 Å². The van der Waals surface area contributed by atoms with Gasteiger partial charge >= 0.3 is 0 Å². The van der Waals surface area contributed by atoms with Crippen LogP contribution in [0.25, 0.3) is 22.2 Å². The molecule has 0 radical (unpaired) electrons. The zero-order valence-corrected chi connectivity index (χ0v) is 17.0. The molecule has 1 aromatic heterocycles. The minimum atomic E-state index is -3.55. The zero-order chi connectivity index (χ0) is 20.6. The van der Waals surface area contributed by atoms with E-state index >= 15 is 0 Å². The predicted octanol–water partition coefficient (Wildman–Crippen LogP) is 2.96. The average molecular weight is 410 g/mol. The molecule has 150 valence electrons. The van der Waals surface area contributed by atoms with E-state index in [1.165, 1.54) is 0 Å². The van der Waals surface area contributed by atoms with Crippen LogP contribution in [0.3, 0.4) is 0 Å². The van der Waals surface area contributed by atoms with Gasteiger partial charge in [-0.2, -0.15) is 0 Å². The topological polar surface area (TPSA) is 93.4 Å². The summed E-state index contributed by atoms with van der Waals surface area (Å²) in [6.07, 6.45) is 0.635. The number of carbonyl (C=O) groups is 1. The van der Waals surface area contributed by atoms with E-state index in [0.29, 0.717) is 25.1 Å². The summed E-state index contributed by atoms with van der Waals surface area (Å²) in [6.45, 7) is 2.94. The number of primary sulfonamides is 1. The third-order valence-corrected chi connectivity index (χ3v) is 6.27. The number of para-hydroxylation sites is 1. The van der Waals surface area contributed by atoms with Crippen molar-refractivity contribution in [2.24, 2.45) is 11.1 Å². The second kappa shape index (κ2) is 7.57. The smallest absolute Gasteiger partial charge is 0.254 e. The van der Waals surface area contributed by atoms with Crippen LogP contribution in [-0.4, -0.2) is 43.1 Å². The van der Waals surface area contributed by atoms with Crippen molar-refractivity contribution in [1.29, 1.82) is 0 Å². The van der Waals surface area contributed by atoms with E-state index in [2.05, 4.69) is 0 Å². The van der Waals surface area contributed by atoms with Gasteiger partial charge in [0.05, 0.1) is 22.5 Å². The van der Waals surface area contributed by atoms with Crippen LogP contribution in [0.4, 0.5) is 0 Å². The third kappa shape index (κ3) is 4.31. The number of hydrogen-bond acceptors (Lipinski definition) is 4. The number of hydrogen-bond donors (Lipinski definition) is 1. The highest BCUT2D eigenvalue weighted by molar-refractivity contribution is 7.89. The summed E-state index contributed by atoms with van der Waals surface area (Å²) in [5, 5.41) is 5.97. The molecular weight excluding hydrogens is 386 g/mol. The average Bonchev–Trinajstić information content (AvgIpc) is 3.13. The van der Waals surface area contributed by atoms with Crippen molar-refractivity contribution >= 4 is 26.8 Å². The molecule has 0 spiro atoms. The Bertz CT molecular complexity index is 1170. The van der Waals surface area contributed by atoms with Crippen molar-refractivity contribution < 1.29 is 13.2 Å². The van der Waals surface area contributed by atoms with E-state index in [1.54, 1.807) is 4.90 Å². The van der Waals surface area contributed by atoms with Gasteiger partial charge in [0.25, 0.3) is 5.91 Å². The maximum Gasteiger partial charge on any atom is 0.254 e. The van der Waals surface area contributed by atoms with Gasteiger partial charge in [0.15, 0.2) is 0 Å². The Morgan fingerprint density at radius 3 is 2.62 bits per heavy atom. The fraction of sp³-hybridized carbons (Fsp3) is 0.273. The van der Waals surface area contributed by atoms with Gasteiger partial charge in [-0.25, -0.2) is 18.5 Å². The van der Waals surface area contributed by atoms with Gasteiger partial charge in [-0.1, -0.05) is 48.0 Å². The summed E-state index contributed by atoms with van der Waals surface area (Å²) >= 11 is 0. The van der Waals surface area contributed by atoms with E-state index in [-0.39, 0.29) is 17.6 Å². The minimum Gasteiger partial charge on any atom is -0.338 e. The van der Waals surface area contributed by atoms with E-state index in [9.17, 15) is 13.2 Å². The summed E-state index contributed by atoms with van der Waals surface area (Å²) in [6, 6.07) is 17.5. The molecule has 1 unspecified atom stereocenters. The fourth-order valence-electron chi connectivity index (χ4n) is 3.88. The molecule has 1 saturated heterocycles. The molecule has 1 amide bonds. The van der Waals surface area contributed by atoms with E-state index < -0.39 is 10.0 Å². The van der Waals surface area contributed by atoms with Crippen molar-refractivity contribution in [3.8, 4) is 11.3 Å². The number of likely N-dealkylation sites (tertiary alicyclic amines) is 1. The standard InChI is InChI=1S/C22H23N3O3S/c1-15-6-8-17(9-7-15)21-12-19(18-4-2-3-5-20(18)24-21)22(26)25-11-10-16(13-25)14-29(23,27)28/h2-9,12,16H,10-11,13-14H2,1H3,(H2,23,27,28). The number of aromatic nitrogens is 1. The number of rotatable bonds is 4. The number of nitrogens with two attached hydrogens (primary N) is 1. The summed E-state index contributed by atoms with van der Waals surface area (Å²) in [5.41, 5.74) is 4.19. The molecule has 2 heterocycles. The SMILES string of the molecule is Cc1ccc(-c2cc(C(=O)N3CCC(CS(N)(=O)=O)C3)c3ccccc3n2)cc1. The molecule has 0 bridgehead atoms. The molecule has 0 aliphatic carbocycles. The van der Waals surface area contributed by atoms with Crippen LogP contribution in [0.15, 0.2) is 54.6 Å². The van der Waals surface area contributed by atoms with Crippen molar-refractivity contribution in [3.05, 3.63) is 65.7 Å². The first-order valence-corrected chi connectivity index (χ1v) is 11.3. The maximum atomic E-state index is 13.3. The van der Waals surface area contributed by atoms with Gasteiger partial charge < -0.3 is 4.90 Å². The Balaban J connectivity index is 1.71. The van der Waals surface area contributed by atoms with Crippen LogP contribution in [0.5, 0.6) is 0 Å². The zero-order valence-electron chi connectivity index (χ0n) is 16.2. The van der Waals surface area contributed by atoms with Crippen LogP contribution in [-0.2, 0) is 10.0 Å². The van der Waals surface area contributed by atoms with E-state index in [1.807, 2.05) is 61.5 Å². The Hall–Kier alpha value is -2.77. The highest BCUT2D eigenvalue weighted by Crippen LogP contribution is 2.28. The van der Waals surface area contributed by atoms with E-state index in [4.69, 9.17) is 10.1 Å². The van der Waals surface area contributed by atoms with Gasteiger partial charge in [-0.3, -0.25) is 4.79 Å². The normalized spacial score (nSPS) is 17.0. The summed E-state index contributed by atoms with van der Waals surface area (Å²) in [5.74, 6) is -0.324. The molecule has 1 aliphatic heterocycles. The van der Waals surface area contributed by atoms with Crippen molar-refractivity contribution in [1.82, 2.24) is 9.88 Å². The molecule has 29 heavy (non-hydrogen) atoms. The molecule has 2 N–H and O–H groups in total. The minimum absolute atomic E-state index is 0.0948. The molecule has 1 atom stereocenters.